The van der Waals surface area contributed by atoms with Crippen molar-refractivity contribution in [3.8, 4) is 22.3 Å². The zero-order valence-electron chi connectivity index (χ0n) is 59.8. The van der Waals surface area contributed by atoms with Gasteiger partial charge in [-0.1, -0.05) is 142 Å². The Bertz CT molecular complexity index is 4090. The Labute approximate surface area is 616 Å². The summed E-state index contributed by atoms with van der Waals surface area (Å²) in [6.07, 6.45) is -0.811. The van der Waals surface area contributed by atoms with Gasteiger partial charge >= 0.3 is 11.9 Å². The fourth-order valence-corrected chi connectivity index (χ4v) is 11.4. The van der Waals surface area contributed by atoms with Crippen molar-refractivity contribution in [2.45, 2.75) is 172 Å². The Morgan fingerprint density at radius 2 is 1.04 bits per heavy atom. The summed E-state index contributed by atoms with van der Waals surface area (Å²) in [5.41, 5.74) is 19.1. The van der Waals surface area contributed by atoms with Crippen LogP contribution in [-0.4, -0.2) is 187 Å². The van der Waals surface area contributed by atoms with Crippen molar-refractivity contribution in [2.24, 2.45) is 11.5 Å². The molecule has 0 saturated carbocycles. The summed E-state index contributed by atoms with van der Waals surface area (Å²) >= 11 is 0. The number of unbranched alkanes of at least 4 members (excludes halogenated alkanes) is 1. The van der Waals surface area contributed by atoms with E-state index >= 15 is 4.39 Å². The number of aryl methyl sites for hydroxylation is 2. The molecule has 0 spiro atoms. The lowest BCUT2D eigenvalue weighted by Gasteiger charge is -2.28. The van der Waals surface area contributed by atoms with Crippen LogP contribution in [0.25, 0.3) is 22.3 Å². The molecule has 6 rings (SSSR count). The van der Waals surface area contributed by atoms with Crippen LogP contribution in [0.2, 0.25) is 0 Å². The fourth-order valence-electron chi connectivity index (χ4n) is 11.4. The van der Waals surface area contributed by atoms with Crippen LogP contribution in [0.3, 0.4) is 0 Å². The molecule has 0 unspecified atom stereocenters. The number of aromatic nitrogens is 2. The van der Waals surface area contributed by atoms with Gasteiger partial charge in [-0.05, 0) is 96.2 Å². The molecule has 0 aliphatic carbocycles. The smallest absolute Gasteiger partial charge is 0.305 e. The number of benzene rings is 5. The first kappa shape index (κ1) is 84.2. The van der Waals surface area contributed by atoms with Gasteiger partial charge in [0.15, 0.2) is 0 Å². The van der Waals surface area contributed by atoms with E-state index in [1.807, 2.05) is 74.5 Å². The van der Waals surface area contributed by atoms with Crippen LogP contribution in [0, 0.1) is 12.7 Å². The summed E-state index contributed by atoms with van der Waals surface area (Å²) < 4.78 is 15.4. The lowest BCUT2D eigenvalue weighted by molar-refractivity contribution is -0.142. The monoisotopic (exact) mass is 1480 g/mol. The zero-order chi connectivity index (χ0) is 78.4. The van der Waals surface area contributed by atoms with Crippen LogP contribution >= 0.6 is 0 Å². The van der Waals surface area contributed by atoms with E-state index in [0.29, 0.717) is 23.2 Å². The third-order valence-corrected chi connectivity index (χ3v) is 17.4. The number of primary amides is 1. The number of nitrogens with zero attached hydrogens (tertiary/aromatic N) is 1. The average Bonchev–Trinajstić information content (AvgIpc) is 1.08. The molecule has 1 aromatic heterocycles. The number of carboxylic acids is 2. The Morgan fingerprint density at radius 3 is 1.61 bits per heavy atom. The van der Waals surface area contributed by atoms with E-state index in [-0.39, 0.29) is 37.7 Å². The number of aliphatic hydroxyl groups excluding tert-OH is 2. The van der Waals surface area contributed by atoms with E-state index in [1.54, 1.807) is 43.3 Å². The van der Waals surface area contributed by atoms with Gasteiger partial charge in [-0.2, -0.15) is 0 Å². The molecule has 32 heteroatoms. The Morgan fingerprint density at radius 1 is 0.523 bits per heavy atom. The van der Waals surface area contributed by atoms with Gasteiger partial charge in [0.25, 0.3) is 0 Å². The van der Waals surface area contributed by atoms with Crippen molar-refractivity contribution in [1.29, 1.82) is 0 Å². The number of aliphatic carboxylic acids is 2. The number of aromatic amines is 1. The molecule has 0 radical (unpaired) electrons. The number of carboxylic acid groups (broad SMARTS) is 2. The molecule has 31 nitrogen and oxygen atoms in total. The molecule has 11 atom stereocenters. The van der Waals surface area contributed by atoms with Crippen LogP contribution in [0.5, 0.6) is 0 Å². The van der Waals surface area contributed by atoms with Gasteiger partial charge in [0, 0.05) is 44.0 Å². The second kappa shape index (κ2) is 41.7. The summed E-state index contributed by atoms with van der Waals surface area (Å²) in [6, 6.07) is 18.4. The summed E-state index contributed by atoms with van der Waals surface area (Å²) in [4.78, 5) is 183. The number of imidazole rings is 1. The van der Waals surface area contributed by atoms with Crippen molar-refractivity contribution in [1.82, 2.24) is 63.1 Å². The van der Waals surface area contributed by atoms with Crippen LogP contribution in [0.1, 0.15) is 99.7 Å². The summed E-state index contributed by atoms with van der Waals surface area (Å²) in [7, 11) is 0. The van der Waals surface area contributed by atoms with E-state index in [0.717, 1.165) is 52.8 Å². The number of hydrogen-bond donors (Lipinski definition) is 17. The first-order valence-electron chi connectivity index (χ1n) is 34.8. The maximum Gasteiger partial charge on any atom is 0.305 e. The van der Waals surface area contributed by atoms with Crippen molar-refractivity contribution < 1.29 is 87.1 Å². The number of amides is 11. The van der Waals surface area contributed by atoms with Gasteiger partial charge in [-0.3, -0.25) is 62.3 Å². The third kappa shape index (κ3) is 26.4. The second-order valence-corrected chi connectivity index (χ2v) is 25.7. The average molecular weight is 1480 g/mol. The lowest BCUT2D eigenvalue weighted by Crippen LogP contribution is -2.62. The van der Waals surface area contributed by atoms with Gasteiger partial charge < -0.3 is 90.0 Å². The predicted molar refractivity (Wildman–Crippen MR) is 388 cm³/mol. The predicted octanol–water partition coefficient (Wildman–Crippen LogP) is 0.239. The highest BCUT2D eigenvalue weighted by Gasteiger charge is 2.37. The van der Waals surface area contributed by atoms with Gasteiger partial charge in [-0.15, -0.1) is 0 Å². The van der Waals surface area contributed by atoms with E-state index in [9.17, 15) is 82.8 Å². The number of nitrogens with one attached hydrogen (secondary N) is 11. The Kier molecular flexibility index (Phi) is 32.8. The highest BCUT2D eigenvalue weighted by Crippen LogP contribution is 2.26. The molecule has 11 amide bonds. The first-order valence-corrected chi connectivity index (χ1v) is 34.8. The summed E-state index contributed by atoms with van der Waals surface area (Å²) in [5, 5.41) is 64.7. The molecule has 0 fully saturated rings. The number of halogens is 1. The molecular weight excluding hydrogens is 1390 g/mol. The van der Waals surface area contributed by atoms with Crippen molar-refractivity contribution in [3.05, 3.63) is 173 Å². The molecule has 0 bridgehead atoms. The zero-order valence-corrected chi connectivity index (χ0v) is 59.8. The molecular formula is C75H93FN14O17. The normalized spacial score (nSPS) is 14.1. The van der Waals surface area contributed by atoms with E-state index in [2.05, 4.69) is 63.1 Å². The standard InChI is InChI=1S/C75H93FN14O17/c1-6-8-21-55(83-62(93)38-80-69(101)56(30-31-63(94)95)84-67(99)42(4)82-68(100)54(77)35-50-37-79-40-81-50)70(102)87-59(34-49-17-11-14-20-53(49)76)73(105)90-65(43(5)92)75(107)89-61(39-91)74(106)88-60(36-64(96)97)72(104)86-58(33-45-24-28-48(29-25-45)52-19-13-10-16-46(52)7-2)71(103)85-57(66(78)98)32-44-22-26-47(27-23-44)51-18-12-9-15-41(51)3/h9-20,22-29,37,40,42-43,54-61,65,91-92H,6-8,21,30-36,38-39,77H2,1-5H3,(H2,78,98)(H,79,81)(H,80,101)(H,82,100)(H,83,93)(H,84,99)(H,85,103)(H,86,104)(H,87,102)(H,88,106)(H,89,107)(H,90,105)(H,94,95)(H,96,97)/t42-,43-,54+,55+,56+,57+,58+,59+,60+,61+,65+/m1/s1. The maximum atomic E-state index is 15.4. The molecule has 0 saturated heterocycles. The van der Waals surface area contributed by atoms with Crippen LogP contribution in [0.4, 0.5) is 4.39 Å². The second-order valence-electron chi connectivity index (χ2n) is 25.7. The number of aliphatic hydroxyl groups is 2. The van der Waals surface area contributed by atoms with Gasteiger partial charge in [-0.25, -0.2) is 9.37 Å². The lowest BCUT2D eigenvalue weighted by atomic mass is 9.95. The van der Waals surface area contributed by atoms with E-state index < -0.39 is 188 Å². The maximum absolute atomic E-state index is 15.4. The van der Waals surface area contributed by atoms with Crippen molar-refractivity contribution in [3.63, 3.8) is 0 Å². The largest absolute Gasteiger partial charge is 0.481 e. The number of rotatable bonds is 42. The number of carbonyl (C=O) groups excluding carboxylic acids is 11. The minimum Gasteiger partial charge on any atom is -0.481 e. The minimum absolute atomic E-state index is 0.0386. The third-order valence-electron chi connectivity index (χ3n) is 17.4. The highest BCUT2D eigenvalue weighted by molar-refractivity contribution is 6.00. The number of nitrogens with two attached hydrogens (primary N) is 2. The molecule has 6 aromatic rings. The number of hydrogen-bond acceptors (Lipinski definition) is 17. The Hall–Kier alpha value is -11.8. The Balaban J connectivity index is 1.15. The van der Waals surface area contributed by atoms with E-state index in [4.69, 9.17) is 11.5 Å². The van der Waals surface area contributed by atoms with Gasteiger partial charge in [0.1, 0.15) is 60.2 Å². The van der Waals surface area contributed by atoms with Crippen molar-refractivity contribution in [2.75, 3.05) is 13.2 Å². The quantitative estimate of drug-likeness (QED) is 0.0244. The summed E-state index contributed by atoms with van der Waals surface area (Å²) in [5.74, 6) is -15.6. The van der Waals surface area contributed by atoms with E-state index in [1.165, 1.54) is 37.6 Å². The molecule has 0 aliphatic rings. The molecule has 572 valence electrons. The van der Waals surface area contributed by atoms with Gasteiger partial charge in [0.05, 0.1) is 38.0 Å². The van der Waals surface area contributed by atoms with Crippen molar-refractivity contribution >= 4 is 76.9 Å². The molecule has 107 heavy (non-hydrogen) atoms. The molecule has 19 N–H and O–H groups in total. The minimum atomic E-state index is -2.06. The molecule has 1 heterocycles. The molecule has 5 aromatic carbocycles. The van der Waals surface area contributed by atoms with Gasteiger partial charge in [0.2, 0.25) is 65.0 Å². The summed E-state index contributed by atoms with van der Waals surface area (Å²) in [6.45, 7) is 5.94. The fraction of sp³-hybridized carbons (Fsp3) is 0.387. The molecule has 0 aliphatic heterocycles. The topological polar surface area (TPSA) is 504 Å². The van der Waals surface area contributed by atoms with Crippen LogP contribution in [0.15, 0.2) is 134 Å². The highest BCUT2D eigenvalue weighted by atomic mass is 19.1. The SMILES string of the molecule is CCCC[C@H](NC(=O)CNC(=O)[C@H](CCC(=O)O)NC(=O)[C@@H](C)NC(=O)[C@@H](N)Cc1cnc[nH]1)C(=O)N[C@@H](Cc1ccccc1F)C(=O)N[C@H](C(=O)N[C@@H](CO)C(=O)N[C@@H](CC(=O)O)C(=O)N[C@@H](Cc1ccc(-c2ccccc2CC)cc1)C(=O)N[C@@H](Cc1ccc(-c2ccccc2C)cc1)C(N)=O)[C@@H](C)O. The number of H-pyrrole nitrogens is 1. The van der Waals surface area contributed by atoms with Crippen LogP contribution in [-0.2, 0) is 94.4 Å². The first-order chi connectivity index (χ1) is 51.0. The number of carbonyl (C=O) groups is 13. The van der Waals surface area contributed by atoms with Crippen LogP contribution < -0.4 is 64.6 Å².